The minimum absolute atomic E-state index is 0.150. The highest BCUT2D eigenvalue weighted by molar-refractivity contribution is 5.96. The predicted octanol–water partition coefficient (Wildman–Crippen LogP) is 3.98. The zero-order valence-corrected chi connectivity index (χ0v) is 14.2. The SMILES string of the molecule is Cc1cc(C#N)cc(C)c1CC(=O)N1CCCc2c1ccc(F)c2F. The van der Waals surface area contributed by atoms with E-state index < -0.39 is 11.6 Å². The lowest BCUT2D eigenvalue weighted by Crippen LogP contribution is -2.37. The quantitative estimate of drug-likeness (QED) is 0.830. The highest BCUT2D eigenvalue weighted by Gasteiger charge is 2.26. The third kappa shape index (κ3) is 3.12. The van der Waals surface area contributed by atoms with Crippen LogP contribution in [0.2, 0.25) is 0 Å². The van der Waals surface area contributed by atoms with Crippen molar-refractivity contribution >= 4 is 11.6 Å². The second kappa shape index (κ2) is 6.64. The first-order chi connectivity index (χ1) is 11.9. The molecule has 0 bridgehead atoms. The van der Waals surface area contributed by atoms with Gasteiger partial charge in [0.2, 0.25) is 5.91 Å². The maximum absolute atomic E-state index is 14.0. The van der Waals surface area contributed by atoms with Crippen molar-refractivity contribution in [2.75, 3.05) is 11.4 Å². The largest absolute Gasteiger partial charge is 0.312 e. The van der Waals surface area contributed by atoms with E-state index in [4.69, 9.17) is 5.26 Å². The Morgan fingerprint density at radius 2 is 1.92 bits per heavy atom. The van der Waals surface area contributed by atoms with Gasteiger partial charge in [0.25, 0.3) is 0 Å². The molecule has 2 aromatic carbocycles. The predicted molar refractivity (Wildman–Crippen MR) is 91.4 cm³/mol. The standard InChI is InChI=1S/C20H18F2N2O/c1-12-8-14(11-23)9-13(2)16(12)10-19(25)24-7-3-4-15-18(24)6-5-17(21)20(15)22/h5-6,8-9H,3-4,7,10H2,1-2H3. The van der Waals surface area contributed by atoms with Crippen molar-refractivity contribution in [2.24, 2.45) is 0 Å². The minimum atomic E-state index is -0.883. The van der Waals surface area contributed by atoms with E-state index in [0.29, 0.717) is 30.6 Å². The molecule has 0 aliphatic carbocycles. The van der Waals surface area contributed by atoms with Crippen molar-refractivity contribution in [3.63, 3.8) is 0 Å². The van der Waals surface area contributed by atoms with E-state index in [1.807, 2.05) is 13.8 Å². The summed E-state index contributed by atoms with van der Waals surface area (Å²) in [6.45, 7) is 4.23. The van der Waals surface area contributed by atoms with Gasteiger partial charge in [-0.05, 0) is 67.6 Å². The molecule has 0 N–H and O–H groups in total. The summed E-state index contributed by atoms with van der Waals surface area (Å²) in [6, 6.07) is 8.16. The Hall–Kier alpha value is -2.74. The molecule has 0 aromatic heterocycles. The highest BCUT2D eigenvalue weighted by atomic mass is 19.2. The third-order valence-electron chi connectivity index (χ3n) is 4.72. The molecule has 1 aliphatic rings. The Labute approximate surface area is 145 Å². The van der Waals surface area contributed by atoms with Crippen molar-refractivity contribution in [3.8, 4) is 6.07 Å². The van der Waals surface area contributed by atoms with E-state index in [-0.39, 0.29) is 17.9 Å². The molecule has 128 valence electrons. The number of rotatable bonds is 2. The average molecular weight is 340 g/mol. The topological polar surface area (TPSA) is 44.1 Å². The minimum Gasteiger partial charge on any atom is -0.312 e. The van der Waals surface area contributed by atoms with Crippen LogP contribution >= 0.6 is 0 Å². The number of anilines is 1. The number of benzene rings is 2. The van der Waals surface area contributed by atoms with Crippen molar-refractivity contribution < 1.29 is 13.6 Å². The summed E-state index contributed by atoms with van der Waals surface area (Å²) in [6.07, 6.45) is 1.20. The molecule has 0 fully saturated rings. The first-order valence-corrected chi connectivity index (χ1v) is 8.20. The molecule has 0 spiro atoms. The molecule has 5 heteroatoms. The molecule has 0 atom stereocenters. The van der Waals surface area contributed by atoms with Gasteiger partial charge in [-0.25, -0.2) is 8.78 Å². The van der Waals surface area contributed by atoms with Crippen LogP contribution in [0.25, 0.3) is 0 Å². The Morgan fingerprint density at radius 3 is 2.56 bits per heavy atom. The van der Waals surface area contributed by atoms with Crippen LogP contribution in [-0.2, 0) is 17.6 Å². The van der Waals surface area contributed by atoms with Crippen LogP contribution in [0.4, 0.5) is 14.5 Å². The van der Waals surface area contributed by atoms with Gasteiger partial charge in [0.15, 0.2) is 11.6 Å². The lowest BCUT2D eigenvalue weighted by Gasteiger charge is -2.30. The van der Waals surface area contributed by atoms with Crippen LogP contribution in [0.1, 0.15) is 34.2 Å². The van der Waals surface area contributed by atoms with Crippen LogP contribution in [-0.4, -0.2) is 12.5 Å². The van der Waals surface area contributed by atoms with Crippen molar-refractivity contribution in [2.45, 2.75) is 33.1 Å². The second-order valence-corrected chi connectivity index (χ2v) is 6.39. The Bertz CT molecular complexity index is 876. The van der Waals surface area contributed by atoms with E-state index in [1.54, 1.807) is 17.0 Å². The molecule has 0 unspecified atom stereocenters. The number of carbonyl (C=O) groups excluding carboxylic acids is 1. The zero-order valence-electron chi connectivity index (χ0n) is 14.2. The second-order valence-electron chi connectivity index (χ2n) is 6.39. The molecule has 1 aliphatic heterocycles. The van der Waals surface area contributed by atoms with E-state index in [1.165, 1.54) is 6.07 Å². The van der Waals surface area contributed by atoms with Crippen LogP contribution in [0.15, 0.2) is 24.3 Å². The van der Waals surface area contributed by atoms with Gasteiger partial charge in [-0.1, -0.05) is 0 Å². The normalized spacial score (nSPS) is 13.3. The fourth-order valence-electron chi connectivity index (χ4n) is 3.45. The molecular formula is C20H18F2N2O. The Kier molecular flexibility index (Phi) is 4.54. The number of hydrogen-bond donors (Lipinski definition) is 0. The molecule has 3 nitrogen and oxygen atoms in total. The zero-order chi connectivity index (χ0) is 18.1. The summed E-state index contributed by atoms with van der Waals surface area (Å²) in [7, 11) is 0. The fraction of sp³-hybridized carbons (Fsp3) is 0.300. The molecule has 0 saturated heterocycles. The summed E-state index contributed by atoms with van der Waals surface area (Å²) in [5.74, 6) is -1.89. The molecule has 25 heavy (non-hydrogen) atoms. The lowest BCUT2D eigenvalue weighted by molar-refractivity contribution is -0.118. The maximum Gasteiger partial charge on any atom is 0.231 e. The number of nitrogens with zero attached hydrogens (tertiary/aromatic N) is 2. The highest BCUT2D eigenvalue weighted by Crippen LogP contribution is 2.31. The first-order valence-electron chi connectivity index (χ1n) is 8.20. The third-order valence-corrected chi connectivity index (χ3v) is 4.72. The van der Waals surface area contributed by atoms with E-state index >= 15 is 0 Å². The van der Waals surface area contributed by atoms with Crippen molar-refractivity contribution in [3.05, 3.63) is 63.7 Å². The maximum atomic E-state index is 14.0. The van der Waals surface area contributed by atoms with Gasteiger partial charge in [0, 0.05) is 17.8 Å². The van der Waals surface area contributed by atoms with Crippen LogP contribution < -0.4 is 4.90 Å². The summed E-state index contributed by atoms with van der Waals surface area (Å²) in [5.41, 5.74) is 3.93. The molecule has 3 rings (SSSR count). The molecule has 0 saturated carbocycles. The van der Waals surface area contributed by atoms with Gasteiger partial charge >= 0.3 is 0 Å². The van der Waals surface area contributed by atoms with E-state index in [2.05, 4.69) is 6.07 Å². The number of fused-ring (bicyclic) bond motifs is 1. The van der Waals surface area contributed by atoms with E-state index in [9.17, 15) is 13.6 Å². The summed E-state index contributed by atoms with van der Waals surface area (Å²) < 4.78 is 27.5. The van der Waals surface area contributed by atoms with Crippen LogP contribution in [0.5, 0.6) is 0 Å². The number of amides is 1. The lowest BCUT2D eigenvalue weighted by atomic mass is 9.95. The molecule has 1 amide bonds. The van der Waals surface area contributed by atoms with Gasteiger partial charge < -0.3 is 4.90 Å². The van der Waals surface area contributed by atoms with Crippen LogP contribution in [0, 0.1) is 36.8 Å². The first kappa shape index (κ1) is 17.1. The smallest absolute Gasteiger partial charge is 0.231 e. The van der Waals surface area contributed by atoms with E-state index in [0.717, 1.165) is 22.8 Å². The Balaban J connectivity index is 1.92. The van der Waals surface area contributed by atoms with Gasteiger partial charge in [-0.15, -0.1) is 0 Å². The van der Waals surface area contributed by atoms with Crippen LogP contribution in [0.3, 0.4) is 0 Å². The molecule has 1 heterocycles. The summed E-state index contributed by atoms with van der Waals surface area (Å²) in [5, 5.41) is 9.03. The summed E-state index contributed by atoms with van der Waals surface area (Å²) >= 11 is 0. The number of hydrogen-bond acceptors (Lipinski definition) is 2. The number of halogens is 2. The average Bonchev–Trinajstić information content (AvgIpc) is 2.60. The van der Waals surface area contributed by atoms with Crippen molar-refractivity contribution in [1.29, 1.82) is 5.26 Å². The van der Waals surface area contributed by atoms with Gasteiger partial charge in [-0.3, -0.25) is 4.79 Å². The van der Waals surface area contributed by atoms with Gasteiger partial charge in [-0.2, -0.15) is 5.26 Å². The number of carbonyl (C=O) groups is 1. The van der Waals surface area contributed by atoms with Gasteiger partial charge in [0.1, 0.15) is 0 Å². The summed E-state index contributed by atoms with van der Waals surface area (Å²) in [4.78, 5) is 14.4. The fourth-order valence-corrected chi connectivity index (χ4v) is 3.45. The number of aryl methyl sites for hydroxylation is 2. The molecular weight excluding hydrogens is 322 g/mol. The number of nitriles is 1. The Morgan fingerprint density at radius 1 is 1.24 bits per heavy atom. The molecule has 2 aromatic rings. The monoisotopic (exact) mass is 340 g/mol. The molecule has 0 radical (unpaired) electrons. The van der Waals surface area contributed by atoms with Crippen molar-refractivity contribution in [1.82, 2.24) is 0 Å². The van der Waals surface area contributed by atoms with Gasteiger partial charge in [0.05, 0.1) is 18.1 Å².